The highest BCUT2D eigenvalue weighted by Gasteiger charge is 2.04. The Balaban J connectivity index is 1.57. The van der Waals surface area contributed by atoms with Crippen molar-refractivity contribution in [2.45, 2.75) is 20.0 Å². The predicted molar refractivity (Wildman–Crippen MR) is 113 cm³/mol. The quantitative estimate of drug-likeness (QED) is 0.458. The maximum atomic E-state index is 12.0. The normalized spacial score (nSPS) is 10.8. The van der Waals surface area contributed by atoms with Crippen LogP contribution in [0.2, 0.25) is 5.02 Å². The molecule has 0 unspecified atom stereocenters. The molecular weight excluding hydrogens is 372 g/mol. The smallest absolute Gasteiger partial charge is 0.244 e. The molecule has 0 radical (unpaired) electrons. The van der Waals surface area contributed by atoms with E-state index >= 15 is 0 Å². The third-order valence-electron chi connectivity index (χ3n) is 4.08. The molecule has 0 bridgehead atoms. The molecule has 0 aliphatic heterocycles. The fourth-order valence-corrected chi connectivity index (χ4v) is 2.82. The van der Waals surface area contributed by atoms with Gasteiger partial charge in [-0.25, -0.2) is 5.43 Å². The highest BCUT2D eigenvalue weighted by atomic mass is 35.5. The lowest BCUT2D eigenvalue weighted by Gasteiger charge is -2.09. The van der Waals surface area contributed by atoms with E-state index in [0.29, 0.717) is 17.4 Å². The Morgan fingerprint density at radius 2 is 1.82 bits per heavy atom. The van der Waals surface area contributed by atoms with Gasteiger partial charge in [-0.15, -0.1) is 0 Å². The third kappa shape index (κ3) is 5.96. The summed E-state index contributed by atoms with van der Waals surface area (Å²) in [6.07, 6.45) is 1.80. The van der Waals surface area contributed by atoms with Gasteiger partial charge in [-0.1, -0.05) is 65.7 Å². The molecule has 3 aromatic carbocycles. The monoisotopic (exact) mass is 392 g/mol. The molecule has 0 fully saturated rings. The zero-order valence-electron chi connectivity index (χ0n) is 15.6. The summed E-state index contributed by atoms with van der Waals surface area (Å²) in [5.41, 5.74) is 6.47. The van der Waals surface area contributed by atoms with E-state index in [1.54, 1.807) is 18.3 Å². The minimum absolute atomic E-state index is 0.212. The second-order valence-electron chi connectivity index (χ2n) is 6.41. The van der Waals surface area contributed by atoms with Crippen LogP contribution in [0.3, 0.4) is 0 Å². The molecule has 0 aliphatic rings. The van der Waals surface area contributed by atoms with Crippen molar-refractivity contribution in [3.05, 3.63) is 100 Å². The summed E-state index contributed by atoms with van der Waals surface area (Å²) in [4.78, 5) is 12.0. The lowest BCUT2D eigenvalue weighted by molar-refractivity contribution is -0.120. The van der Waals surface area contributed by atoms with Crippen molar-refractivity contribution in [3.63, 3.8) is 0 Å². The van der Waals surface area contributed by atoms with Crippen LogP contribution in [0.1, 0.15) is 22.3 Å². The van der Waals surface area contributed by atoms with Crippen LogP contribution in [0.25, 0.3) is 0 Å². The molecule has 0 aromatic heterocycles. The van der Waals surface area contributed by atoms with Gasteiger partial charge in [0.05, 0.1) is 12.6 Å². The number of carbonyl (C=O) groups is 1. The molecule has 0 spiro atoms. The van der Waals surface area contributed by atoms with Crippen molar-refractivity contribution in [2.24, 2.45) is 5.10 Å². The van der Waals surface area contributed by atoms with E-state index < -0.39 is 0 Å². The van der Waals surface area contributed by atoms with Gasteiger partial charge in [-0.3, -0.25) is 4.79 Å². The maximum absolute atomic E-state index is 12.0. The second kappa shape index (κ2) is 9.72. The van der Waals surface area contributed by atoms with Gasteiger partial charge >= 0.3 is 0 Å². The number of hydrazone groups is 1. The Bertz CT molecular complexity index is 968. The molecule has 28 heavy (non-hydrogen) atoms. The first-order valence-corrected chi connectivity index (χ1v) is 9.32. The lowest BCUT2D eigenvalue weighted by Crippen LogP contribution is -2.19. The van der Waals surface area contributed by atoms with Crippen LogP contribution >= 0.6 is 11.6 Å². The van der Waals surface area contributed by atoms with Crippen molar-refractivity contribution in [3.8, 4) is 5.75 Å². The van der Waals surface area contributed by atoms with E-state index in [-0.39, 0.29) is 12.3 Å². The Morgan fingerprint density at radius 1 is 1.04 bits per heavy atom. The number of nitrogens with zero attached hydrogens (tertiary/aromatic N) is 1. The molecule has 0 aliphatic carbocycles. The standard InChI is InChI=1S/C23H21ClN2O2/c1-17-9-11-18(12-10-17)16-28-22-8-3-2-6-20(22)15-25-26-23(27)14-19-5-4-7-21(24)13-19/h2-13,15H,14,16H2,1H3,(H,26,27)/b25-15-. The third-order valence-corrected chi connectivity index (χ3v) is 4.32. The largest absolute Gasteiger partial charge is 0.488 e. The summed E-state index contributed by atoms with van der Waals surface area (Å²) in [6.45, 7) is 2.52. The maximum Gasteiger partial charge on any atom is 0.244 e. The number of hydrogen-bond acceptors (Lipinski definition) is 3. The van der Waals surface area contributed by atoms with Crippen LogP contribution in [0.4, 0.5) is 0 Å². The van der Waals surface area contributed by atoms with Crippen molar-refractivity contribution < 1.29 is 9.53 Å². The molecule has 5 heteroatoms. The summed E-state index contributed by atoms with van der Waals surface area (Å²) in [7, 11) is 0. The molecular formula is C23H21ClN2O2. The number of carbonyl (C=O) groups excluding carboxylic acids is 1. The summed E-state index contributed by atoms with van der Waals surface area (Å²) in [5, 5.41) is 4.65. The molecule has 0 atom stereocenters. The molecule has 4 nitrogen and oxygen atoms in total. The number of nitrogens with one attached hydrogen (secondary N) is 1. The van der Waals surface area contributed by atoms with Gasteiger partial charge in [0.15, 0.2) is 0 Å². The average molecular weight is 393 g/mol. The van der Waals surface area contributed by atoms with E-state index in [9.17, 15) is 4.79 Å². The van der Waals surface area contributed by atoms with Gasteiger partial charge in [-0.2, -0.15) is 5.10 Å². The lowest BCUT2D eigenvalue weighted by atomic mass is 10.1. The predicted octanol–water partition coefficient (Wildman–Crippen LogP) is 4.92. The number of amides is 1. The number of halogens is 1. The highest BCUT2D eigenvalue weighted by Crippen LogP contribution is 2.18. The SMILES string of the molecule is Cc1ccc(COc2ccccc2/C=N\NC(=O)Cc2cccc(Cl)c2)cc1. The van der Waals surface area contributed by atoms with E-state index in [4.69, 9.17) is 16.3 Å². The fourth-order valence-electron chi connectivity index (χ4n) is 2.61. The first-order valence-electron chi connectivity index (χ1n) is 8.94. The number of para-hydroxylation sites is 1. The van der Waals surface area contributed by atoms with Crippen molar-refractivity contribution in [2.75, 3.05) is 0 Å². The van der Waals surface area contributed by atoms with Crippen molar-refractivity contribution in [1.82, 2.24) is 5.43 Å². The fraction of sp³-hybridized carbons (Fsp3) is 0.130. The number of benzene rings is 3. The number of hydrogen-bond donors (Lipinski definition) is 1. The summed E-state index contributed by atoms with van der Waals surface area (Å²) < 4.78 is 5.91. The number of rotatable bonds is 7. The minimum Gasteiger partial charge on any atom is -0.488 e. The van der Waals surface area contributed by atoms with Crippen LogP contribution in [-0.2, 0) is 17.8 Å². The van der Waals surface area contributed by atoms with Crippen LogP contribution in [0.5, 0.6) is 5.75 Å². The molecule has 0 saturated heterocycles. The van der Waals surface area contributed by atoms with Crippen molar-refractivity contribution in [1.29, 1.82) is 0 Å². The van der Waals surface area contributed by atoms with Crippen molar-refractivity contribution >= 4 is 23.7 Å². The van der Waals surface area contributed by atoms with Gasteiger partial charge in [-0.05, 0) is 42.3 Å². The summed E-state index contributed by atoms with van der Waals surface area (Å²) in [5.74, 6) is 0.493. The zero-order chi connectivity index (χ0) is 19.8. The Labute approximate surface area is 169 Å². The topological polar surface area (TPSA) is 50.7 Å². The number of aryl methyl sites for hydroxylation is 1. The second-order valence-corrected chi connectivity index (χ2v) is 6.85. The van der Waals surface area contributed by atoms with Gasteiger partial charge in [0.2, 0.25) is 5.91 Å². The highest BCUT2D eigenvalue weighted by molar-refractivity contribution is 6.30. The number of ether oxygens (including phenoxy) is 1. The molecule has 0 heterocycles. The summed E-state index contributed by atoms with van der Waals surface area (Å²) >= 11 is 5.94. The van der Waals surface area contributed by atoms with E-state index in [0.717, 1.165) is 16.7 Å². The first kappa shape index (κ1) is 19.6. The Morgan fingerprint density at radius 3 is 2.61 bits per heavy atom. The van der Waals surface area contributed by atoms with Gasteiger partial charge < -0.3 is 4.74 Å². The average Bonchev–Trinajstić information content (AvgIpc) is 2.68. The van der Waals surface area contributed by atoms with Gasteiger partial charge in [0.25, 0.3) is 0 Å². The molecule has 3 aromatic rings. The van der Waals surface area contributed by atoms with Crippen LogP contribution in [0.15, 0.2) is 77.9 Å². The van der Waals surface area contributed by atoms with E-state index in [1.807, 2.05) is 48.5 Å². The molecule has 1 amide bonds. The minimum atomic E-state index is -0.212. The van der Waals surface area contributed by atoms with Gasteiger partial charge in [0.1, 0.15) is 12.4 Å². The van der Waals surface area contributed by atoms with E-state index in [1.165, 1.54) is 5.56 Å². The van der Waals surface area contributed by atoms with Crippen LogP contribution in [0, 0.1) is 6.92 Å². The Hall–Kier alpha value is -3.11. The summed E-state index contributed by atoms with van der Waals surface area (Å²) in [6, 6.07) is 23.0. The zero-order valence-corrected chi connectivity index (χ0v) is 16.3. The molecule has 3 rings (SSSR count). The Kier molecular flexibility index (Phi) is 6.82. The van der Waals surface area contributed by atoms with Crippen LogP contribution < -0.4 is 10.2 Å². The molecule has 0 saturated carbocycles. The molecule has 1 N–H and O–H groups in total. The van der Waals surface area contributed by atoms with Gasteiger partial charge in [0, 0.05) is 10.6 Å². The van der Waals surface area contributed by atoms with Crippen LogP contribution in [-0.4, -0.2) is 12.1 Å². The molecule has 142 valence electrons. The van der Waals surface area contributed by atoms with E-state index in [2.05, 4.69) is 29.6 Å². The first-order chi connectivity index (χ1) is 13.6.